The number of carboxylic acids is 1. The molecule has 4 atom stereocenters. The second-order valence-electron chi connectivity index (χ2n) is 7.28. The minimum atomic E-state index is -0.690. The van der Waals surface area contributed by atoms with Crippen LogP contribution in [0.3, 0.4) is 0 Å². The Bertz CT molecular complexity index is 394. The first-order valence-corrected chi connectivity index (χ1v) is 6.82. The number of allylic oxidation sites excluding steroid dienone is 2. The highest BCUT2D eigenvalue weighted by atomic mass is 16.4. The summed E-state index contributed by atoms with van der Waals surface area (Å²) in [7, 11) is 0. The number of hydrogen-bond donors (Lipinski definition) is 2. The van der Waals surface area contributed by atoms with Gasteiger partial charge in [0.25, 0.3) is 0 Å². The van der Waals surface area contributed by atoms with E-state index in [1.54, 1.807) is 0 Å². The van der Waals surface area contributed by atoms with Crippen LogP contribution < -0.4 is 5.73 Å². The number of hydrogen-bond acceptors (Lipinski definition) is 2. The summed E-state index contributed by atoms with van der Waals surface area (Å²) in [6.07, 6.45) is 4.38. The standard InChI is InChI=1S/C15H25NO2/c1-9-5-10-7-15(8-16,11(10)6-9)12(13(17)18)14(2,3)4/h6,10-12H,5,7-8,16H2,1-4H3,(H,17,18)/t10-,11+,12?,15+/m1/s1. The molecule has 3 nitrogen and oxygen atoms in total. The molecule has 0 aromatic heterocycles. The molecule has 0 bridgehead atoms. The van der Waals surface area contributed by atoms with Crippen molar-refractivity contribution >= 4 is 5.97 Å². The maximum atomic E-state index is 11.7. The number of rotatable bonds is 3. The zero-order chi connectivity index (χ0) is 13.7. The number of carbonyl (C=O) groups is 1. The molecule has 2 aliphatic rings. The fraction of sp³-hybridized carbons (Fsp3) is 0.800. The van der Waals surface area contributed by atoms with Crippen molar-refractivity contribution < 1.29 is 9.90 Å². The largest absolute Gasteiger partial charge is 0.481 e. The molecule has 0 radical (unpaired) electrons. The molecule has 1 unspecified atom stereocenters. The molecule has 0 spiro atoms. The van der Waals surface area contributed by atoms with Crippen molar-refractivity contribution in [1.82, 2.24) is 0 Å². The molecule has 102 valence electrons. The van der Waals surface area contributed by atoms with E-state index in [1.165, 1.54) is 5.57 Å². The molecule has 0 saturated heterocycles. The lowest BCUT2D eigenvalue weighted by Gasteiger charge is -2.58. The zero-order valence-electron chi connectivity index (χ0n) is 11.9. The molecule has 1 fully saturated rings. The molecule has 0 heterocycles. The maximum Gasteiger partial charge on any atom is 0.307 e. The predicted molar refractivity (Wildman–Crippen MR) is 72.0 cm³/mol. The first-order chi connectivity index (χ1) is 8.22. The molecule has 3 N–H and O–H groups in total. The third-order valence-corrected chi connectivity index (χ3v) is 4.93. The van der Waals surface area contributed by atoms with E-state index < -0.39 is 5.97 Å². The molecule has 2 aliphatic carbocycles. The van der Waals surface area contributed by atoms with Crippen LogP contribution in [0.1, 0.15) is 40.5 Å². The summed E-state index contributed by atoms with van der Waals surface area (Å²) in [5, 5.41) is 9.65. The Balaban J connectivity index is 2.36. The van der Waals surface area contributed by atoms with Crippen LogP contribution in [0.4, 0.5) is 0 Å². The van der Waals surface area contributed by atoms with Crippen molar-refractivity contribution in [2.75, 3.05) is 6.54 Å². The minimum Gasteiger partial charge on any atom is -0.481 e. The fourth-order valence-corrected chi connectivity index (χ4v) is 4.48. The van der Waals surface area contributed by atoms with Crippen molar-refractivity contribution in [1.29, 1.82) is 0 Å². The minimum absolute atomic E-state index is 0.230. The molecule has 0 aliphatic heterocycles. The topological polar surface area (TPSA) is 63.3 Å². The van der Waals surface area contributed by atoms with E-state index in [0.717, 1.165) is 12.8 Å². The highest BCUT2D eigenvalue weighted by Gasteiger charge is 2.61. The van der Waals surface area contributed by atoms with Gasteiger partial charge < -0.3 is 10.8 Å². The Morgan fingerprint density at radius 3 is 2.61 bits per heavy atom. The van der Waals surface area contributed by atoms with Gasteiger partial charge in [0.05, 0.1) is 5.92 Å². The molecular formula is C15H25NO2. The summed E-state index contributed by atoms with van der Waals surface area (Å²) in [6.45, 7) is 8.67. The second-order valence-corrected chi connectivity index (χ2v) is 7.28. The van der Waals surface area contributed by atoms with Crippen LogP contribution in [-0.4, -0.2) is 17.6 Å². The van der Waals surface area contributed by atoms with Gasteiger partial charge in [-0.3, -0.25) is 4.79 Å². The van der Waals surface area contributed by atoms with Gasteiger partial charge in [-0.25, -0.2) is 0 Å². The smallest absolute Gasteiger partial charge is 0.307 e. The lowest BCUT2D eigenvalue weighted by atomic mass is 9.46. The van der Waals surface area contributed by atoms with Crippen molar-refractivity contribution in [2.24, 2.45) is 34.3 Å². The molecule has 0 aromatic carbocycles. The van der Waals surface area contributed by atoms with E-state index in [9.17, 15) is 9.90 Å². The monoisotopic (exact) mass is 251 g/mol. The van der Waals surface area contributed by atoms with Crippen LogP contribution in [0, 0.1) is 28.6 Å². The van der Waals surface area contributed by atoms with Gasteiger partial charge in [-0.15, -0.1) is 0 Å². The van der Waals surface area contributed by atoms with Gasteiger partial charge >= 0.3 is 5.97 Å². The van der Waals surface area contributed by atoms with Crippen LogP contribution in [0.5, 0.6) is 0 Å². The Morgan fingerprint density at radius 2 is 2.22 bits per heavy atom. The van der Waals surface area contributed by atoms with E-state index >= 15 is 0 Å². The van der Waals surface area contributed by atoms with Gasteiger partial charge in [-0.05, 0) is 43.6 Å². The van der Waals surface area contributed by atoms with Gasteiger partial charge in [0.1, 0.15) is 0 Å². The second kappa shape index (κ2) is 4.09. The van der Waals surface area contributed by atoms with Crippen LogP contribution in [0.25, 0.3) is 0 Å². The van der Waals surface area contributed by atoms with Gasteiger partial charge in [0, 0.05) is 5.41 Å². The molecule has 2 rings (SSSR count). The quantitative estimate of drug-likeness (QED) is 0.758. The van der Waals surface area contributed by atoms with Crippen molar-refractivity contribution in [3.05, 3.63) is 11.6 Å². The normalized spacial score (nSPS) is 36.6. The van der Waals surface area contributed by atoms with E-state index in [1.807, 2.05) is 20.8 Å². The van der Waals surface area contributed by atoms with Gasteiger partial charge in [0.2, 0.25) is 0 Å². The first kappa shape index (κ1) is 13.6. The lowest BCUT2D eigenvalue weighted by Crippen LogP contribution is -2.59. The Hall–Kier alpha value is -0.830. The fourth-order valence-electron chi connectivity index (χ4n) is 4.48. The van der Waals surface area contributed by atoms with Crippen LogP contribution in [0.2, 0.25) is 0 Å². The average Bonchev–Trinajstić information content (AvgIpc) is 2.49. The van der Waals surface area contributed by atoms with Crippen molar-refractivity contribution in [3.8, 4) is 0 Å². The predicted octanol–water partition coefficient (Wildman–Crippen LogP) is 2.66. The van der Waals surface area contributed by atoms with E-state index in [0.29, 0.717) is 18.4 Å². The SMILES string of the molecule is CC1=C[C@H]2[C@H](C1)C[C@@]2(CN)C(C(=O)O)C(C)(C)C. The molecule has 0 amide bonds. The third-order valence-electron chi connectivity index (χ3n) is 4.93. The highest BCUT2D eigenvalue weighted by Crippen LogP contribution is 2.63. The summed E-state index contributed by atoms with van der Waals surface area (Å²) in [5.41, 5.74) is 6.94. The molecular weight excluding hydrogens is 226 g/mol. The van der Waals surface area contributed by atoms with Crippen LogP contribution in [-0.2, 0) is 4.79 Å². The molecule has 3 heteroatoms. The number of fused-ring (bicyclic) bond motifs is 1. The molecule has 1 saturated carbocycles. The number of carboxylic acid groups (broad SMARTS) is 1. The third kappa shape index (κ3) is 1.80. The lowest BCUT2D eigenvalue weighted by molar-refractivity contribution is -0.166. The van der Waals surface area contributed by atoms with Gasteiger partial charge in [0.15, 0.2) is 0 Å². The summed E-state index contributed by atoms with van der Waals surface area (Å²) in [4.78, 5) is 11.7. The van der Waals surface area contributed by atoms with E-state index in [-0.39, 0.29) is 16.7 Å². The maximum absolute atomic E-state index is 11.7. The molecule has 0 aromatic rings. The first-order valence-electron chi connectivity index (χ1n) is 6.82. The molecule has 18 heavy (non-hydrogen) atoms. The van der Waals surface area contributed by atoms with Gasteiger partial charge in [-0.1, -0.05) is 32.4 Å². The number of aliphatic carboxylic acids is 1. The zero-order valence-corrected chi connectivity index (χ0v) is 11.9. The average molecular weight is 251 g/mol. The van der Waals surface area contributed by atoms with E-state index in [2.05, 4.69) is 13.0 Å². The van der Waals surface area contributed by atoms with Crippen molar-refractivity contribution in [3.63, 3.8) is 0 Å². The summed E-state index contributed by atoms with van der Waals surface area (Å²) >= 11 is 0. The Labute approximate surface area is 109 Å². The summed E-state index contributed by atoms with van der Waals surface area (Å²) in [6, 6.07) is 0. The summed E-state index contributed by atoms with van der Waals surface area (Å²) < 4.78 is 0. The summed E-state index contributed by atoms with van der Waals surface area (Å²) in [5.74, 6) is -0.0386. The van der Waals surface area contributed by atoms with Crippen LogP contribution >= 0.6 is 0 Å². The van der Waals surface area contributed by atoms with Crippen molar-refractivity contribution in [2.45, 2.75) is 40.5 Å². The van der Waals surface area contributed by atoms with Gasteiger partial charge in [-0.2, -0.15) is 0 Å². The highest BCUT2D eigenvalue weighted by molar-refractivity contribution is 5.72. The Morgan fingerprint density at radius 1 is 1.61 bits per heavy atom. The van der Waals surface area contributed by atoms with Crippen LogP contribution in [0.15, 0.2) is 11.6 Å². The van der Waals surface area contributed by atoms with E-state index in [4.69, 9.17) is 5.73 Å². The Kier molecular flexibility index (Phi) is 3.09. The number of nitrogens with two attached hydrogens (primary N) is 1.